The van der Waals surface area contributed by atoms with E-state index in [1.165, 1.54) is 6.39 Å². The third-order valence-corrected chi connectivity index (χ3v) is 2.85. The molecule has 0 amide bonds. The molecule has 1 heterocycles. The van der Waals surface area contributed by atoms with E-state index < -0.39 is 0 Å². The van der Waals surface area contributed by atoms with Gasteiger partial charge in [0.2, 0.25) is 12.2 Å². The Morgan fingerprint density at radius 1 is 1.40 bits per heavy atom. The average Bonchev–Trinajstić information content (AvgIpc) is 2.96. The molecule has 0 unspecified atom stereocenters. The topological polar surface area (TPSA) is 69.4 Å². The molecule has 0 saturated carbocycles. The van der Waals surface area contributed by atoms with Gasteiger partial charge in [0.15, 0.2) is 18.1 Å². The summed E-state index contributed by atoms with van der Waals surface area (Å²) in [6.45, 7) is 3.71. The number of ether oxygens (including phenoxy) is 2. The Balaban J connectivity index is 2.22. The molecule has 7 heteroatoms. The van der Waals surface area contributed by atoms with E-state index in [-0.39, 0.29) is 6.61 Å². The first kappa shape index (κ1) is 14.6. The summed E-state index contributed by atoms with van der Waals surface area (Å²) in [6.07, 6.45) is 1.26. The minimum atomic E-state index is 0.202. The third kappa shape index (κ3) is 3.61. The highest BCUT2D eigenvalue weighted by atomic mass is 35.5. The number of rotatable bonds is 7. The molecule has 0 atom stereocenters. The van der Waals surface area contributed by atoms with Gasteiger partial charge in [0.25, 0.3) is 0 Å². The minimum Gasteiger partial charge on any atom is -0.493 e. The van der Waals surface area contributed by atoms with Crippen LogP contribution in [0.4, 0.5) is 0 Å². The number of nitrogens with one attached hydrogen (secondary N) is 1. The van der Waals surface area contributed by atoms with Gasteiger partial charge in [-0.05, 0) is 12.6 Å². The van der Waals surface area contributed by atoms with Crippen molar-refractivity contribution < 1.29 is 14.0 Å². The van der Waals surface area contributed by atoms with Crippen molar-refractivity contribution in [2.45, 2.75) is 20.1 Å². The lowest BCUT2D eigenvalue weighted by Gasteiger charge is -2.15. The standard InChI is InChI=1S/C13H16ClN3O3/c1-3-15-6-9-4-10(14)5-11(18-2)13(9)19-7-12-16-8-20-17-12/h4-5,8,15H,3,6-7H2,1-2H3. The molecule has 2 rings (SSSR count). The molecular formula is C13H16ClN3O3. The first-order valence-electron chi connectivity index (χ1n) is 6.19. The lowest BCUT2D eigenvalue weighted by molar-refractivity contribution is 0.266. The van der Waals surface area contributed by atoms with Gasteiger partial charge in [0.1, 0.15) is 0 Å². The summed E-state index contributed by atoms with van der Waals surface area (Å²) < 4.78 is 15.7. The fraction of sp³-hybridized carbons (Fsp3) is 0.385. The number of aromatic nitrogens is 2. The molecule has 0 radical (unpaired) electrons. The van der Waals surface area contributed by atoms with E-state index in [9.17, 15) is 0 Å². The zero-order valence-electron chi connectivity index (χ0n) is 11.4. The summed E-state index contributed by atoms with van der Waals surface area (Å²) >= 11 is 6.08. The fourth-order valence-electron chi connectivity index (χ4n) is 1.72. The molecule has 6 nitrogen and oxygen atoms in total. The Kier molecular flexibility index (Phi) is 5.20. The molecule has 1 N–H and O–H groups in total. The van der Waals surface area contributed by atoms with Gasteiger partial charge in [-0.1, -0.05) is 23.7 Å². The number of hydrogen-bond acceptors (Lipinski definition) is 6. The smallest absolute Gasteiger partial charge is 0.213 e. The van der Waals surface area contributed by atoms with Crippen LogP contribution < -0.4 is 14.8 Å². The molecule has 1 aromatic heterocycles. The maximum Gasteiger partial charge on any atom is 0.213 e. The van der Waals surface area contributed by atoms with Crippen molar-refractivity contribution in [2.75, 3.05) is 13.7 Å². The predicted molar refractivity (Wildman–Crippen MR) is 74.0 cm³/mol. The van der Waals surface area contributed by atoms with Crippen LogP contribution in [0.5, 0.6) is 11.5 Å². The van der Waals surface area contributed by atoms with Crippen molar-refractivity contribution in [3.63, 3.8) is 0 Å². The predicted octanol–water partition coefficient (Wildman–Crippen LogP) is 2.42. The Labute approximate surface area is 122 Å². The highest BCUT2D eigenvalue weighted by molar-refractivity contribution is 6.30. The summed E-state index contributed by atoms with van der Waals surface area (Å²) in [7, 11) is 1.57. The van der Waals surface area contributed by atoms with Crippen molar-refractivity contribution in [3.05, 3.63) is 34.9 Å². The van der Waals surface area contributed by atoms with Crippen LogP contribution in [0.2, 0.25) is 5.02 Å². The van der Waals surface area contributed by atoms with Crippen molar-refractivity contribution in [1.29, 1.82) is 0 Å². The molecule has 0 fully saturated rings. The van der Waals surface area contributed by atoms with Gasteiger partial charge >= 0.3 is 0 Å². The summed E-state index contributed by atoms with van der Waals surface area (Å²) in [5.74, 6) is 1.67. The zero-order valence-corrected chi connectivity index (χ0v) is 12.1. The molecule has 0 saturated heterocycles. The van der Waals surface area contributed by atoms with E-state index in [2.05, 4.69) is 20.0 Å². The van der Waals surface area contributed by atoms with Crippen LogP contribution in [-0.2, 0) is 13.2 Å². The van der Waals surface area contributed by atoms with E-state index >= 15 is 0 Å². The van der Waals surface area contributed by atoms with Gasteiger partial charge in [-0.2, -0.15) is 4.98 Å². The maximum absolute atomic E-state index is 6.08. The van der Waals surface area contributed by atoms with Crippen molar-refractivity contribution in [2.24, 2.45) is 0 Å². The molecule has 0 bridgehead atoms. The molecule has 0 aliphatic heterocycles. The van der Waals surface area contributed by atoms with Gasteiger partial charge in [-0.15, -0.1) is 0 Å². The van der Waals surface area contributed by atoms with E-state index in [0.29, 0.717) is 28.9 Å². The Morgan fingerprint density at radius 2 is 2.25 bits per heavy atom. The zero-order chi connectivity index (χ0) is 14.4. The quantitative estimate of drug-likeness (QED) is 0.846. The summed E-state index contributed by atoms with van der Waals surface area (Å²) in [4.78, 5) is 3.91. The lowest BCUT2D eigenvalue weighted by atomic mass is 10.2. The van der Waals surface area contributed by atoms with Crippen molar-refractivity contribution in [3.8, 4) is 11.5 Å². The normalized spacial score (nSPS) is 10.6. The molecular weight excluding hydrogens is 282 g/mol. The fourth-order valence-corrected chi connectivity index (χ4v) is 1.95. The number of benzene rings is 1. The molecule has 0 aliphatic carbocycles. The molecule has 1 aromatic carbocycles. The molecule has 2 aromatic rings. The number of methoxy groups -OCH3 is 1. The highest BCUT2D eigenvalue weighted by Crippen LogP contribution is 2.35. The largest absolute Gasteiger partial charge is 0.493 e. The van der Waals surface area contributed by atoms with Crippen LogP contribution in [0.3, 0.4) is 0 Å². The number of hydrogen-bond donors (Lipinski definition) is 1. The molecule has 0 aliphatic rings. The molecule has 0 spiro atoms. The van der Waals surface area contributed by atoms with Crippen LogP contribution in [-0.4, -0.2) is 23.8 Å². The maximum atomic E-state index is 6.08. The summed E-state index contributed by atoms with van der Waals surface area (Å²) in [6, 6.07) is 3.56. The second-order valence-electron chi connectivity index (χ2n) is 4.01. The Morgan fingerprint density at radius 3 is 2.90 bits per heavy atom. The molecule has 108 valence electrons. The first-order chi connectivity index (χ1) is 9.74. The van der Waals surface area contributed by atoms with Gasteiger partial charge in [0.05, 0.1) is 7.11 Å². The minimum absolute atomic E-state index is 0.202. The lowest BCUT2D eigenvalue weighted by Crippen LogP contribution is -2.13. The van der Waals surface area contributed by atoms with Gasteiger partial charge in [-0.25, -0.2) is 0 Å². The second-order valence-corrected chi connectivity index (χ2v) is 4.45. The highest BCUT2D eigenvalue weighted by Gasteiger charge is 2.13. The third-order valence-electron chi connectivity index (χ3n) is 2.63. The Hall–Kier alpha value is -1.79. The van der Waals surface area contributed by atoms with Crippen molar-refractivity contribution >= 4 is 11.6 Å². The van der Waals surface area contributed by atoms with Crippen LogP contribution in [0, 0.1) is 0 Å². The van der Waals surface area contributed by atoms with E-state index in [1.807, 2.05) is 13.0 Å². The monoisotopic (exact) mass is 297 g/mol. The second kappa shape index (κ2) is 7.12. The molecule has 20 heavy (non-hydrogen) atoms. The Bertz CT molecular complexity index is 546. The van der Waals surface area contributed by atoms with Gasteiger partial charge in [0, 0.05) is 23.2 Å². The van der Waals surface area contributed by atoms with Crippen LogP contribution >= 0.6 is 11.6 Å². The summed E-state index contributed by atoms with van der Waals surface area (Å²) in [5, 5.41) is 7.53. The van der Waals surface area contributed by atoms with Gasteiger partial charge < -0.3 is 19.3 Å². The first-order valence-corrected chi connectivity index (χ1v) is 6.57. The summed E-state index contributed by atoms with van der Waals surface area (Å²) in [5.41, 5.74) is 0.916. The van der Waals surface area contributed by atoms with Crippen molar-refractivity contribution in [1.82, 2.24) is 15.5 Å². The van der Waals surface area contributed by atoms with Gasteiger partial charge in [-0.3, -0.25) is 0 Å². The number of halogens is 1. The van der Waals surface area contributed by atoms with E-state index in [0.717, 1.165) is 12.1 Å². The van der Waals surface area contributed by atoms with Crippen LogP contribution in [0.1, 0.15) is 18.3 Å². The SMILES string of the molecule is CCNCc1cc(Cl)cc(OC)c1OCc1ncon1. The number of nitrogens with zero attached hydrogens (tertiary/aromatic N) is 2. The van der Waals surface area contributed by atoms with E-state index in [4.69, 9.17) is 21.1 Å². The van der Waals surface area contributed by atoms with Crippen LogP contribution in [0.15, 0.2) is 23.0 Å². The van der Waals surface area contributed by atoms with E-state index in [1.54, 1.807) is 13.2 Å². The average molecular weight is 298 g/mol. The van der Waals surface area contributed by atoms with Crippen LogP contribution in [0.25, 0.3) is 0 Å².